The highest BCUT2D eigenvalue weighted by Gasteiger charge is 2.27. The van der Waals surface area contributed by atoms with Crippen molar-refractivity contribution in [2.24, 2.45) is 5.92 Å². The zero-order valence-corrected chi connectivity index (χ0v) is 15.5. The lowest BCUT2D eigenvalue weighted by molar-refractivity contribution is -0.118. The first kappa shape index (κ1) is 18.2. The van der Waals surface area contributed by atoms with E-state index in [0.717, 1.165) is 17.5 Å². The summed E-state index contributed by atoms with van der Waals surface area (Å²) in [7, 11) is 0. The highest BCUT2D eigenvalue weighted by molar-refractivity contribution is 7.78. The van der Waals surface area contributed by atoms with Gasteiger partial charge in [-0.15, -0.1) is 11.3 Å². The number of thiazole rings is 1. The van der Waals surface area contributed by atoms with Crippen molar-refractivity contribution in [3.63, 3.8) is 0 Å². The molecule has 1 heterocycles. The van der Waals surface area contributed by atoms with Gasteiger partial charge in [-0.05, 0) is 23.5 Å². The van der Waals surface area contributed by atoms with Gasteiger partial charge in [-0.1, -0.05) is 61.0 Å². The predicted molar refractivity (Wildman–Crippen MR) is 99.1 cm³/mol. The normalized spacial score (nSPS) is 17.3. The highest BCUT2D eigenvalue weighted by Crippen LogP contribution is 2.35. The number of hydrogen-bond acceptors (Lipinski definition) is 5. The maximum Gasteiger partial charge on any atom is 0.233 e. The number of benzene rings is 1. The number of nitrogens with one attached hydrogen (secondary N) is 1. The summed E-state index contributed by atoms with van der Waals surface area (Å²) in [6, 6.07) is 7.35. The quantitative estimate of drug-likeness (QED) is 0.744. The van der Waals surface area contributed by atoms with Crippen LogP contribution in [0, 0.1) is 5.92 Å². The Labute approximate surface area is 154 Å². The fourth-order valence-electron chi connectivity index (χ4n) is 3.43. The monoisotopic (exact) mass is 377 g/mol. The van der Waals surface area contributed by atoms with Gasteiger partial charge in [-0.25, -0.2) is 4.98 Å². The van der Waals surface area contributed by atoms with Crippen LogP contribution < -0.4 is 5.32 Å². The molecule has 1 aromatic carbocycles. The van der Waals surface area contributed by atoms with E-state index >= 15 is 0 Å². The Morgan fingerprint density at radius 3 is 2.64 bits per heavy atom. The van der Waals surface area contributed by atoms with Crippen molar-refractivity contribution in [1.29, 1.82) is 0 Å². The van der Waals surface area contributed by atoms with Crippen LogP contribution in [0.5, 0.6) is 0 Å². The number of rotatable bonds is 7. The Morgan fingerprint density at radius 2 is 2.04 bits per heavy atom. The molecule has 7 heteroatoms. The molecule has 0 aliphatic heterocycles. The van der Waals surface area contributed by atoms with Crippen molar-refractivity contribution in [3.8, 4) is 0 Å². The Hall–Kier alpha value is -1.57. The van der Waals surface area contributed by atoms with Gasteiger partial charge in [0.15, 0.2) is 5.13 Å². The van der Waals surface area contributed by atoms with Gasteiger partial charge < -0.3 is 9.87 Å². The molecule has 5 nitrogen and oxygen atoms in total. The van der Waals surface area contributed by atoms with E-state index in [-0.39, 0.29) is 17.6 Å². The number of amides is 1. The van der Waals surface area contributed by atoms with E-state index in [1.54, 1.807) is 18.3 Å². The third kappa shape index (κ3) is 5.20. The highest BCUT2D eigenvalue weighted by atomic mass is 32.2. The maximum absolute atomic E-state index is 12.8. The molecule has 1 aromatic heterocycles. The van der Waals surface area contributed by atoms with Gasteiger partial charge >= 0.3 is 0 Å². The van der Waals surface area contributed by atoms with Crippen LogP contribution in [-0.2, 0) is 21.6 Å². The number of nitrogens with zero attached hydrogens (tertiary/aromatic N) is 1. The summed E-state index contributed by atoms with van der Waals surface area (Å²) < 4.78 is 21.7. The zero-order chi connectivity index (χ0) is 17.6. The first-order valence-electron chi connectivity index (χ1n) is 8.47. The molecule has 3 rings (SSSR count). The van der Waals surface area contributed by atoms with E-state index in [0.29, 0.717) is 11.0 Å². The van der Waals surface area contributed by atoms with Crippen LogP contribution in [0.3, 0.4) is 0 Å². The molecule has 134 valence electrons. The predicted octanol–water partition coefficient (Wildman–Crippen LogP) is 3.82. The maximum atomic E-state index is 12.8. The lowest BCUT2D eigenvalue weighted by atomic mass is 9.87. The first-order chi connectivity index (χ1) is 12.1. The van der Waals surface area contributed by atoms with Crippen LogP contribution in [0.25, 0.3) is 0 Å². The van der Waals surface area contributed by atoms with Crippen LogP contribution in [0.4, 0.5) is 5.13 Å². The van der Waals surface area contributed by atoms with E-state index in [1.807, 2.05) is 17.5 Å². The van der Waals surface area contributed by atoms with Crippen molar-refractivity contribution >= 4 is 33.5 Å². The van der Waals surface area contributed by atoms with Gasteiger partial charge in [-0.2, -0.15) is 0 Å². The molecule has 1 N–H and O–H groups in total. The summed E-state index contributed by atoms with van der Waals surface area (Å²) in [5.74, 6) is 0.292. The molecule has 0 spiro atoms. The molecule has 1 saturated carbocycles. The van der Waals surface area contributed by atoms with Crippen LogP contribution >= 0.6 is 11.3 Å². The van der Waals surface area contributed by atoms with Gasteiger partial charge in [0.1, 0.15) is 0 Å². The second kappa shape index (κ2) is 8.69. The SMILES string of the molecule is O=C(Nc1nccs1)[C@H](CC1CCCC1)c1ccc(CS(=O)[O-])cc1. The molecular formula is C18H21N2O3S2-. The molecule has 25 heavy (non-hydrogen) atoms. The fraction of sp³-hybridized carbons (Fsp3) is 0.444. The number of carbonyl (C=O) groups is 1. The molecule has 0 bridgehead atoms. The fourth-order valence-corrected chi connectivity index (χ4v) is 4.43. The van der Waals surface area contributed by atoms with Crippen molar-refractivity contribution in [2.45, 2.75) is 43.8 Å². The Bertz CT molecular complexity index is 710. The minimum absolute atomic E-state index is 0.00111. The third-order valence-corrected chi connectivity index (χ3v) is 5.95. The molecule has 1 aliphatic rings. The molecule has 1 unspecified atom stereocenters. The standard InChI is InChI=1S/C18H22N2O3S2/c21-17(20-18-19-9-10-24-18)16(11-13-3-1-2-4-13)15-7-5-14(6-8-15)12-25(22)23/h5-10,13,16H,1-4,11-12H2,(H,22,23)(H,19,20,21)/p-1/t16-/m1/s1. The van der Waals surface area contributed by atoms with Crippen LogP contribution in [0.1, 0.15) is 49.1 Å². The summed E-state index contributed by atoms with van der Waals surface area (Å²) in [6.07, 6.45) is 7.32. The summed E-state index contributed by atoms with van der Waals surface area (Å²) in [6.45, 7) is 0. The van der Waals surface area contributed by atoms with Crippen molar-refractivity contribution in [3.05, 3.63) is 47.0 Å². The lowest BCUT2D eigenvalue weighted by Crippen LogP contribution is -2.23. The number of anilines is 1. The molecule has 0 saturated heterocycles. The summed E-state index contributed by atoms with van der Waals surface area (Å²) in [5, 5.41) is 5.35. The Balaban J connectivity index is 1.76. The van der Waals surface area contributed by atoms with Gasteiger partial charge in [0.05, 0.1) is 5.92 Å². The number of hydrogen-bond donors (Lipinski definition) is 1. The molecule has 1 fully saturated rings. The van der Waals surface area contributed by atoms with E-state index < -0.39 is 11.1 Å². The largest absolute Gasteiger partial charge is 0.772 e. The second-order valence-corrected chi connectivity index (χ2v) is 8.25. The van der Waals surface area contributed by atoms with Gasteiger partial charge in [0, 0.05) is 17.3 Å². The van der Waals surface area contributed by atoms with Gasteiger partial charge in [-0.3, -0.25) is 9.00 Å². The van der Waals surface area contributed by atoms with Crippen molar-refractivity contribution in [1.82, 2.24) is 4.98 Å². The minimum atomic E-state index is -2.10. The smallest absolute Gasteiger partial charge is 0.233 e. The molecule has 1 aliphatic carbocycles. The number of carbonyl (C=O) groups excluding carboxylic acids is 1. The summed E-state index contributed by atoms with van der Waals surface area (Å²) in [4.78, 5) is 16.9. The van der Waals surface area contributed by atoms with E-state index in [1.165, 1.54) is 37.0 Å². The average molecular weight is 378 g/mol. The van der Waals surface area contributed by atoms with Crippen molar-refractivity contribution in [2.75, 3.05) is 5.32 Å². The van der Waals surface area contributed by atoms with E-state index in [2.05, 4.69) is 10.3 Å². The molecule has 2 atom stereocenters. The third-order valence-electron chi connectivity index (χ3n) is 4.69. The van der Waals surface area contributed by atoms with Crippen LogP contribution in [0.15, 0.2) is 35.8 Å². The van der Waals surface area contributed by atoms with E-state index in [9.17, 15) is 13.6 Å². The topological polar surface area (TPSA) is 82.1 Å². The Morgan fingerprint density at radius 1 is 1.32 bits per heavy atom. The zero-order valence-electron chi connectivity index (χ0n) is 13.8. The Kier molecular flexibility index (Phi) is 6.34. The first-order valence-corrected chi connectivity index (χ1v) is 10.6. The van der Waals surface area contributed by atoms with Crippen LogP contribution in [0.2, 0.25) is 0 Å². The molecular weight excluding hydrogens is 356 g/mol. The number of aromatic nitrogens is 1. The minimum Gasteiger partial charge on any atom is -0.772 e. The molecule has 2 aromatic rings. The van der Waals surface area contributed by atoms with E-state index in [4.69, 9.17) is 0 Å². The lowest BCUT2D eigenvalue weighted by Gasteiger charge is -2.20. The van der Waals surface area contributed by atoms with Crippen molar-refractivity contribution < 1.29 is 13.6 Å². The van der Waals surface area contributed by atoms with Crippen LogP contribution in [-0.4, -0.2) is 19.7 Å². The molecule has 0 radical (unpaired) electrons. The summed E-state index contributed by atoms with van der Waals surface area (Å²) >= 11 is -0.700. The summed E-state index contributed by atoms with van der Waals surface area (Å²) in [5.41, 5.74) is 1.67. The molecule has 1 amide bonds. The average Bonchev–Trinajstić information content (AvgIpc) is 3.26. The van der Waals surface area contributed by atoms with Gasteiger partial charge in [0.2, 0.25) is 5.91 Å². The van der Waals surface area contributed by atoms with Gasteiger partial charge in [0.25, 0.3) is 0 Å². The second-order valence-electron chi connectivity index (χ2n) is 6.45.